The van der Waals surface area contributed by atoms with Crippen molar-refractivity contribution < 1.29 is 4.79 Å². The van der Waals surface area contributed by atoms with Crippen molar-refractivity contribution in [1.82, 2.24) is 19.8 Å². The molecule has 1 aliphatic heterocycles. The maximum absolute atomic E-state index is 13.0. The molecule has 1 spiro atoms. The number of hydrogen-bond donors (Lipinski definition) is 1. The van der Waals surface area contributed by atoms with Gasteiger partial charge in [-0.25, -0.2) is 4.98 Å². The fraction of sp³-hybridized carbons (Fsp3) is 0.778. The van der Waals surface area contributed by atoms with Crippen LogP contribution in [0, 0.1) is 11.3 Å². The Kier molecular flexibility index (Phi) is 3.92. The lowest BCUT2D eigenvalue weighted by Gasteiger charge is -2.32. The summed E-state index contributed by atoms with van der Waals surface area (Å²) in [6.07, 6.45) is 11.9. The van der Waals surface area contributed by atoms with Crippen molar-refractivity contribution in [2.45, 2.75) is 57.5 Å². The van der Waals surface area contributed by atoms with E-state index in [4.69, 9.17) is 0 Å². The number of hydrogen-bond acceptors (Lipinski definition) is 3. The van der Waals surface area contributed by atoms with E-state index in [2.05, 4.69) is 15.2 Å². The molecule has 0 aromatic carbocycles. The second-order valence-corrected chi connectivity index (χ2v) is 7.81. The Labute approximate surface area is 138 Å². The molecule has 1 unspecified atom stereocenters. The van der Waals surface area contributed by atoms with E-state index in [0.29, 0.717) is 29.8 Å². The van der Waals surface area contributed by atoms with Gasteiger partial charge in [0.2, 0.25) is 5.91 Å². The summed E-state index contributed by atoms with van der Waals surface area (Å²) in [4.78, 5) is 19.6. The lowest BCUT2D eigenvalue weighted by atomic mass is 9.82. The number of amides is 1. The number of carbonyl (C=O) groups is 1. The first-order chi connectivity index (χ1) is 11.2. The highest BCUT2D eigenvalue weighted by molar-refractivity contribution is 5.77. The smallest absolute Gasteiger partial charge is 0.223 e. The van der Waals surface area contributed by atoms with Crippen molar-refractivity contribution in [2.24, 2.45) is 18.4 Å². The molecule has 1 saturated heterocycles. The summed E-state index contributed by atoms with van der Waals surface area (Å²) in [5.74, 6) is 2.00. The van der Waals surface area contributed by atoms with Gasteiger partial charge >= 0.3 is 0 Å². The van der Waals surface area contributed by atoms with Crippen molar-refractivity contribution in [2.75, 3.05) is 13.1 Å². The Morgan fingerprint density at radius 2 is 2.22 bits per heavy atom. The van der Waals surface area contributed by atoms with Gasteiger partial charge in [0.15, 0.2) is 0 Å². The Morgan fingerprint density at radius 1 is 1.43 bits per heavy atom. The number of nitrogens with zero attached hydrogens (tertiary/aromatic N) is 3. The molecule has 2 heterocycles. The van der Waals surface area contributed by atoms with Crippen LogP contribution < -0.4 is 5.32 Å². The number of aryl methyl sites for hydroxylation is 1. The summed E-state index contributed by atoms with van der Waals surface area (Å²) < 4.78 is 2.04. The summed E-state index contributed by atoms with van der Waals surface area (Å²) in [6.45, 7) is 2.88. The molecule has 5 heteroatoms. The van der Waals surface area contributed by atoms with Crippen molar-refractivity contribution in [1.29, 1.82) is 0 Å². The molecule has 4 rings (SSSR count). The van der Waals surface area contributed by atoms with Gasteiger partial charge in [-0.1, -0.05) is 6.42 Å². The molecule has 0 bridgehead atoms. The van der Waals surface area contributed by atoms with E-state index in [1.54, 1.807) is 0 Å². The highest BCUT2D eigenvalue weighted by atomic mass is 16.2. The average Bonchev–Trinajstić information content (AvgIpc) is 3.02. The minimum absolute atomic E-state index is 0.359. The van der Waals surface area contributed by atoms with Crippen molar-refractivity contribution >= 4 is 5.91 Å². The Bertz CT molecular complexity index is 571. The number of imidazole rings is 1. The van der Waals surface area contributed by atoms with Crippen LogP contribution in [-0.2, 0) is 18.4 Å². The van der Waals surface area contributed by atoms with Crippen LogP contribution in [0.3, 0.4) is 0 Å². The van der Waals surface area contributed by atoms with E-state index in [1.165, 1.54) is 38.5 Å². The second kappa shape index (κ2) is 5.93. The predicted molar refractivity (Wildman–Crippen MR) is 88.7 cm³/mol. The fourth-order valence-electron chi connectivity index (χ4n) is 4.36. The highest BCUT2D eigenvalue weighted by Gasteiger charge is 2.57. The summed E-state index contributed by atoms with van der Waals surface area (Å²) in [5, 5.41) is 3.45. The normalized spacial score (nSPS) is 26.0. The molecule has 3 aliphatic rings. The Balaban J connectivity index is 1.49. The summed E-state index contributed by atoms with van der Waals surface area (Å²) in [6, 6.07) is 0.439. The van der Waals surface area contributed by atoms with Crippen LogP contribution in [0.5, 0.6) is 0 Å². The van der Waals surface area contributed by atoms with E-state index in [1.807, 2.05) is 24.0 Å². The quantitative estimate of drug-likeness (QED) is 0.905. The molecule has 2 saturated carbocycles. The molecule has 1 aromatic rings. The lowest BCUT2D eigenvalue weighted by molar-refractivity contribution is -0.135. The van der Waals surface area contributed by atoms with Gasteiger partial charge < -0.3 is 14.8 Å². The van der Waals surface area contributed by atoms with Gasteiger partial charge in [0.25, 0.3) is 0 Å². The largest absolute Gasteiger partial charge is 0.337 e. The molecule has 0 radical (unpaired) electrons. The molecule has 3 fully saturated rings. The Hall–Kier alpha value is -1.36. The first kappa shape index (κ1) is 15.2. The van der Waals surface area contributed by atoms with E-state index < -0.39 is 0 Å². The third-order valence-electron chi connectivity index (χ3n) is 6.36. The zero-order chi connectivity index (χ0) is 15.9. The third-order valence-corrected chi connectivity index (χ3v) is 6.36. The average molecular weight is 316 g/mol. The van der Waals surface area contributed by atoms with Crippen LogP contribution in [-0.4, -0.2) is 39.5 Å². The molecule has 5 nitrogen and oxygen atoms in total. The van der Waals surface area contributed by atoms with Crippen LogP contribution in [0.1, 0.15) is 50.8 Å². The van der Waals surface area contributed by atoms with E-state index in [9.17, 15) is 4.79 Å². The predicted octanol–water partition coefficient (Wildman–Crippen LogP) is 2.08. The molecule has 1 aromatic heterocycles. The van der Waals surface area contributed by atoms with Crippen molar-refractivity contribution in [3.8, 4) is 0 Å². The van der Waals surface area contributed by atoms with E-state index in [0.717, 1.165) is 25.3 Å². The van der Waals surface area contributed by atoms with Gasteiger partial charge in [-0.05, 0) is 56.5 Å². The lowest BCUT2D eigenvalue weighted by Crippen LogP contribution is -2.40. The zero-order valence-electron chi connectivity index (χ0n) is 14.1. The maximum atomic E-state index is 13.0. The molecule has 23 heavy (non-hydrogen) atoms. The molecule has 1 atom stereocenters. The van der Waals surface area contributed by atoms with E-state index >= 15 is 0 Å². The summed E-state index contributed by atoms with van der Waals surface area (Å²) in [7, 11) is 2.02. The standard InChI is InChI=1S/C18H28N4O/c1-21-10-9-20-16(21)13-22(17(23)11-14-3-2-4-14)15-12-18(15)5-7-19-8-6-18/h9-10,14-15,19H,2-8,11-13H2,1H3. The van der Waals surface area contributed by atoms with Gasteiger partial charge in [0, 0.05) is 31.9 Å². The van der Waals surface area contributed by atoms with Gasteiger partial charge in [-0.2, -0.15) is 0 Å². The van der Waals surface area contributed by atoms with Gasteiger partial charge in [0.05, 0.1) is 6.54 Å². The number of aromatic nitrogens is 2. The minimum atomic E-state index is 0.359. The number of nitrogens with one attached hydrogen (secondary N) is 1. The first-order valence-corrected chi connectivity index (χ1v) is 9.14. The van der Waals surface area contributed by atoms with Crippen LogP contribution in [0.15, 0.2) is 12.4 Å². The fourth-order valence-corrected chi connectivity index (χ4v) is 4.36. The topological polar surface area (TPSA) is 50.2 Å². The van der Waals surface area contributed by atoms with Gasteiger partial charge in [0.1, 0.15) is 5.82 Å². The molecule has 1 amide bonds. The first-order valence-electron chi connectivity index (χ1n) is 9.14. The van der Waals surface area contributed by atoms with Crippen LogP contribution in [0.4, 0.5) is 0 Å². The molecule has 1 N–H and O–H groups in total. The van der Waals surface area contributed by atoms with Crippen molar-refractivity contribution in [3.05, 3.63) is 18.2 Å². The van der Waals surface area contributed by atoms with Crippen LogP contribution >= 0.6 is 0 Å². The van der Waals surface area contributed by atoms with Crippen LogP contribution in [0.2, 0.25) is 0 Å². The molecular formula is C18H28N4O. The van der Waals surface area contributed by atoms with Gasteiger partial charge in [-0.3, -0.25) is 4.79 Å². The third kappa shape index (κ3) is 2.91. The molecule has 126 valence electrons. The maximum Gasteiger partial charge on any atom is 0.223 e. The summed E-state index contributed by atoms with van der Waals surface area (Å²) >= 11 is 0. The minimum Gasteiger partial charge on any atom is -0.337 e. The molecule has 2 aliphatic carbocycles. The van der Waals surface area contributed by atoms with Crippen LogP contribution in [0.25, 0.3) is 0 Å². The number of carbonyl (C=O) groups excluding carboxylic acids is 1. The van der Waals surface area contributed by atoms with E-state index in [-0.39, 0.29) is 0 Å². The molecular weight excluding hydrogens is 288 g/mol. The highest BCUT2D eigenvalue weighted by Crippen LogP contribution is 2.56. The second-order valence-electron chi connectivity index (χ2n) is 7.81. The van der Waals surface area contributed by atoms with Crippen molar-refractivity contribution in [3.63, 3.8) is 0 Å². The number of piperidine rings is 1. The van der Waals surface area contributed by atoms with Gasteiger partial charge in [-0.15, -0.1) is 0 Å². The monoisotopic (exact) mass is 316 g/mol. The Morgan fingerprint density at radius 3 is 2.83 bits per heavy atom. The summed E-state index contributed by atoms with van der Waals surface area (Å²) in [5.41, 5.74) is 0.395. The SMILES string of the molecule is Cn1ccnc1CN(C(=O)CC1CCC1)C1CC12CCNCC2. The zero-order valence-corrected chi connectivity index (χ0v) is 14.1. The number of rotatable bonds is 5.